The van der Waals surface area contributed by atoms with Crippen LogP contribution in [0.4, 0.5) is 0 Å². The summed E-state index contributed by atoms with van der Waals surface area (Å²) in [6, 6.07) is 12.6. The van der Waals surface area contributed by atoms with E-state index in [9.17, 15) is 14.7 Å². The summed E-state index contributed by atoms with van der Waals surface area (Å²) >= 11 is 6.29. The molecule has 2 aromatic carbocycles. The smallest absolute Gasteiger partial charge is 0.251 e. The van der Waals surface area contributed by atoms with Crippen molar-refractivity contribution in [2.75, 3.05) is 6.61 Å². The highest BCUT2D eigenvalue weighted by Gasteiger charge is 2.19. The van der Waals surface area contributed by atoms with E-state index in [4.69, 9.17) is 16.3 Å². The molecule has 7 nitrogen and oxygen atoms in total. The van der Waals surface area contributed by atoms with Gasteiger partial charge in [-0.25, -0.2) is 4.98 Å². The molecule has 0 fully saturated rings. The summed E-state index contributed by atoms with van der Waals surface area (Å²) < 4.78 is 7.52. The van der Waals surface area contributed by atoms with Crippen molar-refractivity contribution in [2.24, 2.45) is 5.92 Å². The summed E-state index contributed by atoms with van der Waals surface area (Å²) in [5, 5.41) is 12.9. The van der Waals surface area contributed by atoms with E-state index in [0.29, 0.717) is 41.5 Å². The summed E-state index contributed by atoms with van der Waals surface area (Å²) in [5.74, 6) is 0.649. The maximum Gasteiger partial charge on any atom is 0.251 e. The van der Waals surface area contributed by atoms with E-state index >= 15 is 0 Å². The summed E-state index contributed by atoms with van der Waals surface area (Å²) in [4.78, 5) is 30.0. The molecule has 0 aliphatic carbocycles. The molecule has 1 aromatic heterocycles. The van der Waals surface area contributed by atoms with Crippen molar-refractivity contribution in [3.05, 3.63) is 70.6 Å². The second-order valence-electron chi connectivity index (χ2n) is 9.65. The molecule has 0 bridgehead atoms. The van der Waals surface area contributed by atoms with Crippen molar-refractivity contribution in [3.63, 3.8) is 0 Å². The number of amides is 1. The number of aliphatic hydroxyl groups is 1. The highest BCUT2D eigenvalue weighted by molar-refractivity contribution is 6.32. The number of nitrogens with one attached hydrogen (secondary N) is 1. The van der Waals surface area contributed by atoms with Crippen molar-refractivity contribution in [1.29, 1.82) is 0 Å². The average molecular weight is 526 g/mol. The van der Waals surface area contributed by atoms with E-state index in [-0.39, 0.29) is 36.4 Å². The van der Waals surface area contributed by atoms with Gasteiger partial charge in [0, 0.05) is 42.4 Å². The zero-order valence-corrected chi connectivity index (χ0v) is 22.9. The van der Waals surface area contributed by atoms with Gasteiger partial charge in [0.1, 0.15) is 5.75 Å². The van der Waals surface area contributed by atoms with E-state index in [1.807, 2.05) is 69.6 Å². The van der Waals surface area contributed by atoms with E-state index < -0.39 is 0 Å². The minimum absolute atomic E-state index is 0.0237. The number of hydrogen-bond donors (Lipinski definition) is 2. The van der Waals surface area contributed by atoms with Gasteiger partial charge in [-0.2, -0.15) is 0 Å². The third kappa shape index (κ3) is 7.43. The Hall–Kier alpha value is -3.16. The fourth-order valence-electron chi connectivity index (χ4n) is 3.99. The number of ketones is 1. The summed E-state index contributed by atoms with van der Waals surface area (Å²) in [5.41, 5.74) is 3.10. The zero-order chi connectivity index (χ0) is 27.1. The van der Waals surface area contributed by atoms with Crippen molar-refractivity contribution in [1.82, 2.24) is 14.9 Å². The molecule has 3 aromatic rings. The average Bonchev–Trinajstić information content (AvgIpc) is 3.29. The van der Waals surface area contributed by atoms with E-state index in [1.54, 1.807) is 18.2 Å². The highest BCUT2D eigenvalue weighted by Crippen LogP contribution is 2.27. The number of rotatable bonds is 12. The fourth-order valence-corrected chi connectivity index (χ4v) is 4.21. The molecule has 198 valence electrons. The largest absolute Gasteiger partial charge is 0.489 e. The number of imidazole rings is 1. The first-order chi connectivity index (χ1) is 17.6. The molecule has 0 radical (unpaired) electrons. The summed E-state index contributed by atoms with van der Waals surface area (Å²) in [6.45, 7) is 10.2. The van der Waals surface area contributed by atoms with Crippen molar-refractivity contribution in [2.45, 2.75) is 66.2 Å². The Balaban J connectivity index is 1.71. The van der Waals surface area contributed by atoms with Crippen LogP contribution in [-0.2, 0) is 13.0 Å². The van der Waals surface area contributed by atoms with E-state index in [0.717, 1.165) is 16.8 Å². The normalized spacial score (nSPS) is 12.1. The van der Waals surface area contributed by atoms with Crippen LogP contribution < -0.4 is 10.1 Å². The quantitative estimate of drug-likeness (QED) is 0.301. The maximum absolute atomic E-state index is 12.9. The topological polar surface area (TPSA) is 93.4 Å². The van der Waals surface area contributed by atoms with Crippen LogP contribution in [0.3, 0.4) is 0 Å². The molecular formula is C29H36ClN3O4. The number of carbonyl (C=O) groups excluding carboxylic acids is 2. The van der Waals surface area contributed by atoms with Gasteiger partial charge in [-0.15, -0.1) is 0 Å². The Morgan fingerprint density at radius 3 is 2.38 bits per heavy atom. The number of carbonyl (C=O) groups is 2. The van der Waals surface area contributed by atoms with Crippen LogP contribution in [0.2, 0.25) is 5.02 Å². The number of aliphatic hydroxyl groups excluding tert-OH is 1. The molecule has 37 heavy (non-hydrogen) atoms. The second-order valence-corrected chi connectivity index (χ2v) is 10.1. The molecule has 3 rings (SSSR count). The van der Waals surface area contributed by atoms with Crippen LogP contribution >= 0.6 is 11.6 Å². The lowest BCUT2D eigenvalue weighted by Crippen LogP contribution is -2.37. The van der Waals surface area contributed by atoms with Gasteiger partial charge in [-0.1, -0.05) is 49.7 Å². The Kier molecular flexibility index (Phi) is 9.89. The Labute approximate surface area is 223 Å². The molecular weight excluding hydrogens is 490 g/mol. The number of ether oxygens (including phenoxy) is 1. The SMILES string of the molecule is CCn1cc(-c2ccc(CC(CCO)NC(=O)c3ccc(OC(C)C)c(Cl)c3)cc2)nc1C(=O)C(C)C. The van der Waals surface area contributed by atoms with Gasteiger partial charge in [0.15, 0.2) is 5.82 Å². The third-order valence-electron chi connectivity index (χ3n) is 5.96. The maximum atomic E-state index is 12.9. The molecule has 1 amide bonds. The van der Waals surface area contributed by atoms with Crippen LogP contribution in [0.1, 0.15) is 67.6 Å². The molecule has 0 spiro atoms. The van der Waals surface area contributed by atoms with Crippen LogP contribution in [0.25, 0.3) is 11.3 Å². The van der Waals surface area contributed by atoms with Gasteiger partial charge in [0.2, 0.25) is 5.78 Å². The van der Waals surface area contributed by atoms with Crippen molar-refractivity contribution in [3.8, 4) is 17.0 Å². The van der Waals surface area contributed by atoms with Gasteiger partial charge in [0.25, 0.3) is 5.91 Å². The van der Waals surface area contributed by atoms with Gasteiger partial charge >= 0.3 is 0 Å². The minimum Gasteiger partial charge on any atom is -0.489 e. The van der Waals surface area contributed by atoms with Crippen molar-refractivity contribution < 1.29 is 19.4 Å². The number of nitrogens with zero attached hydrogens (tertiary/aromatic N) is 2. The fraction of sp³-hybridized carbons (Fsp3) is 0.414. The van der Waals surface area contributed by atoms with Gasteiger partial charge in [-0.05, 0) is 57.4 Å². The molecule has 1 unspecified atom stereocenters. The monoisotopic (exact) mass is 525 g/mol. The number of aromatic nitrogens is 2. The van der Waals surface area contributed by atoms with E-state index in [1.165, 1.54) is 0 Å². The van der Waals surface area contributed by atoms with Crippen LogP contribution in [0.15, 0.2) is 48.7 Å². The minimum atomic E-state index is -0.263. The molecule has 0 saturated heterocycles. The molecule has 0 aliphatic heterocycles. The summed E-state index contributed by atoms with van der Waals surface area (Å²) in [6.07, 6.45) is 2.85. The second kappa shape index (κ2) is 12.9. The lowest BCUT2D eigenvalue weighted by atomic mass is 10.0. The molecule has 1 heterocycles. The van der Waals surface area contributed by atoms with Crippen LogP contribution in [-0.4, -0.2) is 45.1 Å². The molecule has 1 atom stereocenters. The van der Waals surface area contributed by atoms with Crippen LogP contribution in [0.5, 0.6) is 5.75 Å². The predicted molar refractivity (Wildman–Crippen MR) is 146 cm³/mol. The Morgan fingerprint density at radius 1 is 1.11 bits per heavy atom. The lowest BCUT2D eigenvalue weighted by Gasteiger charge is -2.19. The van der Waals surface area contributed by atoms with Gasteiger partial charge in [0.05, 0.1) is 16.8 Å². The molecule has 8 heteroatoms. The lowest BCUT2D eigenvalue weighted by molar-refractivity contribution is 0.0919. The first-order valence-electron chi connectivity index (χ1n) is 12.7. The van der Waals surface area contributed by atoms with Crippen molar-refractivity contribution >= 4 is 23.3 Å². The molecule has 0 aliphatic rings. The number of Topliss-reactive ketones (excluding diaryl/α,β-unsaturated/α-hetero) is 1. The van der Waals surface area contributed by atoms with Gasteiger partial charge < -0.3 is 19.7 Å². The first-order valence-corrected chi connectivity index (χ1v) is 13.1. The molecule has 0 saturated carbocycles. The number of benzene rings is 2. The van der Waals surface area contributed by atoms with E-state index in [2.05, 4.69) is 10.3 Å². The first kappa shape index (κ1) is 28.4. The number of hydrogen-bond acceptors (Lipinski definition) is 5. The Morgan fingerprint density at radius 2 is 1.81 bits per heavy atom. The third-order valence-corrected chi connectivity index (χ3v) is 6.26. The predicted octanol–water partition coefficient (Wildman–Crippen LogP) is 5.57. The standard InChI is InChI=1S/C29H36ClN3O4/c1-6-33-17-25(32-28(33)27(35)18(2)3)21-9-7-20(8-10-21)15-23(13-14-34)31-29(36)22-11-12-26(24(30)16-22)37-19(4)5/h7-12,16-19,23,34H,6,13-15H2,1-5H3,(H,31,36). The summed E-state index contributed by atoms with van der Waals surface area (Å²) in [7, 11) is 0. The Bertz CT molecular complexity index is 1220. The number of aryl methyl sites for hydroxylation is 1. The van der Waals surface area contributed by atoms with Crippen LogP contribution in [0, 0.1) is 5.92 Å². The number of halogens is 1. The molecule has 2 N–H and O–H groups in total. The highest BCUT2D eigenvalue weighted by atomic mass is 35.5. The van der Waals surface area contributed by atoms with Gasteiger partial charge in [-0.3, -0.25) is 9.59 Å². The zero-order valence-electron chi connectivity index (χ0n) is 22.1.